The van der Waals surface area contributed by atoms with Crippen LogP contribution in [0.4, 0.5) is 27.7 Å². The molecule has 5 aliphatic rings. The number of rotatable bonds is 6. The monoisotopic (exact) mass is 513 g/mol. The Morgan fingerprint density at radius 1 is 1.16 bits per heavy atom. The maximum Gasteiger partial charge on any atom is 0.229 e. The quantitative estimate of drug-likeness (QED) is 0.450. The largest absolute Gasteiger partial charge is 0.346 e. The predicted octanol–water partition coefficient (Wildman–Crippen LogP) is 4.93. The first kappa shape index (κ1) is 22.8. The van der Waals surface area contributed by atoms with Crippen molar-refractivity contribution in [2.24, 2.45) is 0 Å². The average Bonchev–Trinajstić information content (AvgIpc) is 3.79. The van der Waals surface area contributed by atoms with E-state index in [0.717, 1.165) is 67.2 Å². The van der Waals surface area contributed by atoms with E-state index in [9.17, 15) is 4.39 Å². The minimum Gasteiger partial charge on any atom is -0.346 e. The zero-order chi connectivity index (χ0) is 25.6. The van der Waals surface area contributed by atoms with Gasteiger partial charge in [0.15, 0.2) is 12.0 Å². The van der Waals surface area contributed by atoms with Crippen LogP contribution in [0.15, 0.2) is 42.6 Å². The van der Waals surface area contributed by atoms with Crippen LogP contribution in [0, 0.1) is 0 Å². The summed E-state index contributed by atoms with van der Waals surface area (Å²) in [6, 6.07) is 12.8. The van der Waals surface area contributed by atoms with E-state index in [-0.39, 0.29) is 24.5 Å². The van der Waals surface area contributed by atoms with E-state index in [4.69, 9.17) is 14.7 Å². The molecule has 1 saturated heterocycles. The molecular formula is C29H32FN7O. The van der Waals surface area contributed by atoms with E-state index in [1.165, 1.54) is 11.1 Å². The van der Waals surface area contributed by atoms with Gasteiger partial charge in [-0.05, 0) is 87.9 Å². The fourth-order valence-electron chi connectivity index (χ4n) is 6.17. The minimum absolute atomic E-state index is 0.0295. The molecule has 196 valence electrons. The Bertz CT molecular complexity index is 1440. The maximum absolute atomic E-state index is 13.9. The van der Waals surface area contributed by atoms with Gasteiger partial charge in [0, 0.05) is 34.4 Å². The van der Waals surface area contributed by atoms with Crippen molar-refractivity contribution in [3.63, 3.8) is 0 Å². The molecule has 2 unspecified atom stereocenters. The summed E-state index contributed by atoms with van der Waals surface area (Å²) in [5.74, 6) is 2.08. The number of hydrogen-bond donors (Lipinski definition) is 2. The lowest BCUT2D eigenvalue weighted by Gasteiger charge is -2.37. The molecule has 3 aromatic rings. The number of fused-ring (bicyclic) bond motifs is 4. The Morgan fingerprint density at radius 3 is 2.82 bits per heavy atom. The molecule has 3 aliphatic heterocycles. The molecule has 9 heteroatoms. The van der Waals surface area contributed by atoms with E-state index >= 15 is 0 Å². The van der Waals surface area contributed by atoms with Gasteiger partial charge in [-0.2, -0.15) is 9.99 Å². The lowest BCUT2D eigenvalue weighted by molar-refractivity contribution is 0.166. The van der Waals surface area contributed by atoms with Gasteiger partial charge in [0.05, 0.1) is 5.69 Å². The lowest BCUT2D eigenvalue weighted by atomic mass is 9.85. The lowest BCUT2D eigenvalue weighted by Crippen LogP contribution is -2.47. The number of pyridine rings is 1. The molecular weight excluding hydrogens is 481 g/mol. The zero-order valence-electron chi connectivity index (χ0n) is 21.7. The summed E-state index contributed by atoms with van der Waals surface area (Å²) in [6.45, 7) is 5.03. The topological polar surface area (TPSA) is 81.7 Å². The van der Waals surface area contributed by atoms with Crippen LogP contribution in [-0.4, -0.2) is 45.4 Å². The van der Waals surface area contributed by atoms with E-state index in [0.29, 0.717) is 12.0 Å². The predicted molar refractivity (Wildman–Crippen MR) is 142 cm³/mol. The summed E-state index contributed by atoms with van der Waals surface area (Å²) < 4.78 is 20.0. The number of epoxide rings is 1. The first-order valence-corrected chi connectivity index (χ1v) is 13.8. The molecule has 0 bridgehead atoms. The third kappa shape index (κ3) is 3.56. The highest BCUT2D eigenvalue weighted by atomic mass is 19.1. The number of alkyl halides is 1. The van der Waals surface area contributed by atoms with E-state index < -0.39 is 5.41 Å². The molecule has 0 spiro atoms. The number of nitrogens with one attached hydrogen (secondary N) is 2. The summed E-state index contributed by atoms with van der Waals surface area (Å²) >= 11 is 0. The Labute approximate surface area is 221 Å². The second-order valence-electron chi connectivity index (χ2n) is 11.9. The molecule has 5 heterocycles. The van der Waals surface area contributed by atoms with E-state index in [2.05, 4.69) is 57.7 Å². The van der Waals surface area contributed by atoms with Crippen molar-refractivity contribution >= 4 is 23.3 Å². The summed E-state index contributed by atoms with van der Waals surface area (Å²) in [6.07, 6.45) is 6.74. The summed E-state index contributed by atoms with van der Waals surface area (Å²) in [5.41, 5.74) is 4.98. The molecule has 8 nitrogen and oxygen atoms in total. The molecule has 1 aromatic carbocycles. The Morgan fingerprint density at radius 2 is 2.03 bits per heavy atom. The van der Waals surface area contributed by atoms with Gasteiger partial charge >= 0.3 is 0 Å². The van der Waals surface area contributed by atoms with Crippen molar-refractivity contribution < 1.29 is 9.13 Å². The van der Waals surface area contributed by atoms with Crippen molar-refractivity contribution in [2.75, 3.05) is 23.5 Å². The number of hydrazine groups is 1. The molecule has 38 heavy (non-hydrogen) atoms. The maximum atomic E-state index is 13.9. The van der Waals surface area contributed by atoms with Gasteiger partial charge in [-0.1, -0.05) is 12.1 Å². The minimum atomic E-state index is -0.424. The van der Waals surface area contributed by atoms with Crippen LogP contribution < -0.4 is 15.6 Å². The standard InChI is InChI=1S/C29H32FN7O/c1-28(2)21-9-6-18(14-17(21)10-13-32-28)33-27-31-15-20-24-26(38-24)36(19-7-8-19)37(25(20)35-27)23-5-3-4-22(34-23)29(16-30)11-12-29/h3-6,9,14-15,19,24,26,32H,7-8,10-13,16H2,1-2H3,(H,31,33,35). The molecule has 2 atom stereocenters. The molecule has 0 radical (unpaired) electrons. The van der Waals surface area contributed by atoms with Crippen LogP contribution in [-0.2, 0) is 22.1 Å². The number of aromatic nitrogens is 3. The second kappa shape index (κ2) is 7.94. The van der Waals surface area contributed by atoms with Gasteiger partial charge in [-0.15, -0.1) is 0 Å². The van der Waals surface area contributed by atoms with Gasteiger partial charge in [-0.25, -0.2) is 15.0 Å². The molecule has 2 aromatic heterocycles. The van der Waals surface area contributed by atoms with Crippen LogP contribution in [0.2, 0.25) is 0 Å². The van der Waals surface area contributed by atoms with Crippen LogP contribution >= 0.6 is 0 Å². The molecule has 2 aliphatic carbocycles. The SMILES string of the molecule is CC1(C)NCCc2cc(Nc3ncc4c(n3)N(c3cccc(C5(CF)CC5)n3)N(C3CC3)C3OC43)ccc21. The van der Waals surface area contributed by atoms with Gasteiger partial charge < -0.3 is 15.4 Å². The number of anilines is 4. The van der Waals surface area contributed by atoms with E-state index in [1.54, 1.807) is 0 Å². The van der Waals surface area contributed by atoms with Crippen molar-refractivity contribution in [1.29, 1.82) is 0 Å². The molecule has 2 N–H and O–H groups in total. The Hall–Kier alpha value is -3.14. The number of benzene rings is 1. The van der Waals surface area contributed by atoms with Crippen LogP contribution in [0.5, 0.6) is 0 Å². The van der Waals surface area contributed by atoms with Crippen LogP contribution in [0.1, 0.15) is 68.0 Å². The first-order valence-electron chi connectivity index (χ1n) is 13.8. The highest BCUT2D eigenvalue weighted by Crippen LogP contribution is 2.55. The molecule has 0 amide bonds. The van der Waals surface area contributed by atoms with Crippen LogP contribution in [0.3, 0.4) is 0 Å². The van der Waals surface area contributed by atoms with Crippen molar-refractivity contribution in [2.45, 2.75) is 75.3 Å². The third-order valence-corrected chi connectivity index (χ3v) is 8.78. The molecule has 3 fully saturated rings. The summed E-state index contributed by atoms with van der Waals surface area (Å²) in [7, 11) is 0. The highest BCUT2D eigenvalue weighted by molar-refractivity contribution is 5.66. The number of halogens is 1. The number of ether oxygens (including phenoxy) is 1. The zero-order valence-corrected chi connectivity index (χ0v) is 21.7. The van der Waals surface area contributed by atoms with Gasteiger partial charge in [0.2, 0.25) is 5.95 Å². The number of hydrogen-bond acceptors (Lipinski definition) is 8. The third-order valence-electron chi connectivity index (χ3n) is 8.78. The second-order valence-corrected chi connectivity index (χ2v) is 11.9. The van der Waals surface area contributed by atoms with Gasteiger partial charge in [0.25, 0.3) is 0 Å². The fraction of sp³-hybridized carbons (Fsp3) is 0.483. The van der Waals surface area contributed by atoms with Crippen LogP contribution in [0.25, 0.3) is 0 Å². The van der Waals surface area contributed by atoms with Crippen molar-refractivity contribution in [3.05, 3.63) is 65.0 Å². The Balaban J connectivity index is 1.17. The smallest absolute Gasteiger partial charge is 0.229 e. The summed E-state index contributed by atoms with van der Waals surface area (Å²) in [4.78, 5) is 14.7. The van der Waals surface area contributed by atoms with Crippen molar-refractivity contribution in [3.8, 4) is 0 Å². The fourth-order valence-corrected chi connectivity index (χ4v) is 6.17. The van der Waals surface area contributed by atoms with E-state index in [1.807, 2.05) is 24.4 Å². The van der Waals surface area contributed by atoms with Gasteiger partial charge in [0.1, 0.15) is 18.6 Å². The molecule has 2 saturated carbocycles. The molecule has 8 rings (SSSR count). The first-order chi connectivity index (χ1) is 18.5. The normalized spacial score (nSPS) is 26.2. The van der Waals surface area contributed by atoms with Gasteiger partial charge in [-0.3, -0.25) is 4.39 Å². The average molecular weight is 514 g/mol. The van der Waals surface area contributed by atoms with Crippen molar-refractivity contribution in [1.82, 2.24) is 25.3 Å². The summed E-state index contributed by atoms with van der Waals surface area (Å²) in [5, 5.41) is 11.4. The Kier molecular flexibility index (Phi) is 4.77. The number of nitrogens with zero attached hydrogens (tertiary/aromatic N) is 5. The highest BCUT2D eigenvalue weighted by Gasteiger charge is 2.58.